The third-order valence-corrected chi connectivity index (χ3v) is 2.32. The molecule has 0 atom stereocenters. The summed E-state index contributed by atoms with van der Waals surface area (Å²) in [5, 5.41) is 1.80. The summed E-state index contributed by atoms with van der Waals surface area (Å²) in [6.07, 6.45) is 1.42. The van der Waals surface area contributed by atoms with Gasteiger partial charge >= 0.3 is 0 Å². The Morgan fingerprint density at radius 3 is 2.60 bits per heavy atom. The van der Waals surface area contributed by atoms with Crippen LogP contribution >= 0.6 is 11.9 Å². The fourth-order valence-corrected chi connectivity index (χ4v) is 1.55. The SMILES string of the molecule is C=CSN1CCC(=O)CC1. The van der Waals surface area contributed by atoms with E-state index in [0.29, 0.717) is 18.6 Å². The van der Waals surface area contributed by atoms with Crippen LogP contribution in [0.5, 0.6) is 0 Å². The highest BCUT2D eigenvalue weighted by molar-refractivity contribution is 7.99. The molecule has 0 saturated carbocycles. The lowest BCUT2D eigenvalue weighted by atomic mass is 10.1. The van der Waals surface area contributed by atoms with Crippen LogP contribution < -0.4 is 0 Å². The molecule has 0 N–H and O–H groups in total. The highest BCUT2D eigenvalue weighted by atomic mass is 32.2. The molecule has 0 spiro atoms. The molecule has 1 aliphatic heterocycles. The van der Waals surface area contributed by atoms with Crippen molar-refractivity contribution in [2.45, 2.75) is 12.8 Å². The summed E-state index contributed by atoms with van der Waals surface area (Å²) in [6, 6.07) is 0. The minimum atomic E-state index is 0.390. The number of carbonyl (C=O) groups is 1. The first-order valence-corrected chi connectivity index (χ1v) is 4.21. The Bertz CT molecular complexity index is 137. The summed E-state index contributed by atoms with van der Waals surface area (Å²) >= 11 is 1.60. The van der Waals surface area contributed by atoms with Crippen molar-refractivity contribution >= 4 is 17.7 Å². The van der Waals surface area contributed by atoms with Crippen molar-refractivity contribution in [1.82, 2.24) is 4.31 Å². The van der Waals surface area contributed by atoms with Gasteiger partial charge in [-0.3, -0.25) is 4.79 Å². The normalized spacial score (nSPS) is 21.0. The molecule has 0 unspecified atom stereocenters. The highest BCUT2D eigenvalue weighted by Crippen LogP contribution is 2.15. The van der Waals surface area contributed by atoms with E-state index in [1.54, 1.807) is 17.4 Å². The molecular formula is C7H11NOS. The van der Waals surface area contributed by atoms with Gasteiger partial charge in [0.1, 0.15) is 5.78 Å². The molecule has 2 nitrogen and oxygen atoms in total. The molecule has 0 aromatic carbocycles. The van der Waals surface area contributed by atoms with Crippen LogP contribution in [0.1, 0.15) is 12.8 Å². The van der Waals surface area contributed by atoms with Gasteiger partial charge in [-0.2, -0.15) is 0 Å². The van der Waals surface area contributed by atoms with Gasteiger partial charge in [0, 0.05) is 25.9 Å². The Morgan fingerprint density at radius 1 is 1.50 bits per heavy atom. The summed E-state index contributed by atoms with van der Waals surface area (Å²) in [5.41, 5.74) is 0. The molecule has 1 saturated heterocycles. The van der Waals surface area contributed by atoms with E-state index in [-0.39, 0.29) is 0 Å². The number of piperidine rings is 1. The van der Waals surface area contributed by atoms with Crippen molar-refractivity contribution in [1.29, 1.82) is 0 Å². The molecule has 0 aromatic rings. The highest BCUT2D eigenvalue weighted by Gasteiger charge is 2.14. The molecule has 1 heterocycles. The van der Waals surface area contributed by atoms with Crippen molar-refractivity contribution in [3.63, 3.8) is 0 Å². The van der Waals surface area contributed by atoms with Crippen molar-refractivity contribution < 1.29 is 4.79 Å². The van der Waals surface area contributed by atoms with Gasteiger partial charge in [0.25, 0.3) is 0 Å². The largest absolute Gasteiger partial charge is 0.300 e. The summed E-state index contributed by atoms with van der Waals surface area (Å²) in [5.74, 6) is 0.390. The van der Waals surface area contributed by atoms with Crippen LogP contribution in [0.2, 0.25) is 0 Å². The van der Waals surface area contributed by atoms with E-state index in [9.17, 15) is 4.79 Å². The van der Waals surface area contributed by atoms with Crippen LogP contribution in [-0.4, -0.2) is 23.2 Å². The maximum Gasteiger partial charge on any atom is 0.135 e. The summed E-state index contributed by atoms with van der Waals surface area (Å²) in [7, 11) is 0. The third kappa shape index (κ3) is 2.15. The minimum Gasteiger partial charge on any atom is -0.300 e. The molecule has 1 aliphatic rings. The number of Topliss-reactive ketones (excluding diaryl/α,β-unsaturated/α-hetero) is 1. The second-order valence-corrected chi connectivity index (χ2v) is 3.30. The monoisotopic (exact) mass is 157 g/mol. The summed E-state index contributed by atoms with van der Waals surface area (Å²) < 4.78 is 2.16. The molecule has 1 fully saturated rings. The molecule has 1 rings (SSSR count). The Morgan fingerprint density at radius 2 is 2.10 bits per heavy atom. The van der Waals surface area contributed by atoms with E-state index >= 15 is 0 Å². The zero-order chi connectivity index (χ0) is 7.40. The maximum atomic E-state index is 10.8. The fourth-order valence-electron chi connectivity index (χ4n) is 0.946. The minimum absolute atomic E-state index is 0.390. The first-order chi connectivity index (χ1) is 4.83. The lowest BCUT2D eigenvalue weighted by molar-refractivity contribution is -0.120. The van der Waals surface area contributed by atoms with Gasteiger partial charge < -0.3 is 0 Å². The maximum absolute atomic E-state index is 10.8. The van der Waals surface area contributed by atoms with Gasteiger partial charge in [-0.15, -0.1) is 0 Å². The summed E-state index contributed by atoms with van der Waals surface area (Å²) in [4.78, 5) is 10.8. The number of ketones is 1. The zero-order valence-corrected chi connectivity index (χ0v) is 6.69. The van der Waals surface area contributed by atoms with Crippen molar-refractivity contribution in [2.24, 2.45) is 0 Å². The molecule has 0 radical (unpaired) electrons. The molecule has 3 heteroatoms. The molecule has 0 bridgehead atoms. The number of rotatable bonds is 2. The molecule has 0 aliphatic carbocycles. The standard InChI is InChI=1S/C7H11NOS/c1-2-10-8-5-3-7(9)4-6-8/h2H,1,3-6H2. The smallest absolute Gasteiger partial charge is 0.135 e. The van der Waals surface area contributed by atoms with E-state index in [1.165, 1.54) is 0 Å². The van der Waals surface area contributed by atoms with Crippen LogP contribution in [0, 0.1) is 0 Å². The Kier molecular flexibility index (Phi) is 2.96. The molecule has 0 amide bonds. The quantitative estimate of drug-likeness (QED) is 0.566. The van der Waals surface area contributed by atoms with Crippen molar-refractivity contribution in [3.05, 3.63) is 12.0 Å². The van der Waals surface area contributed by atoms with Crippen LogP contribution in [0.4, 0.5) is 0 Å². The second kappa shape index (κ2) is 3.78. The van der Waals surface area contributed by atoms with E-state index < -0.39 is 0 Å². The molecule has 10 heavy (non-hydrogen) atoms. The lowest BCUT2D eigenvalue weighted by Crippen LogP contribution is -2.27. The average Bonchev–Trinajstić information content (AvgIpc) is 1.95. The Hall–Kier alpha value is -0.280. The summed E-state index contributed by atoms with van der Waals surface area (Å²) in [6.45, 7) is 5.38. The van der Waals surface area contributed by atoms with E-state index in [1.807, 2.05) is 0 Å². The fraction of sp³-hybridized carbons (Fsp3) is 0.571. The molecule has 0 aromatic heterocycles. The van der Waals surface area contributed by atoms with Crippen molar-refractivity contribution in [3.8, 4) is 0 Å². The van der Waals surface area contributed by atoms with E-state index in [0.717, 1.165) is 13.1 Å². The Balaban J connectivity index is 2.25. The predicted octanol–water partition coefficient (Wildman–Crippen LogP) is 1.44. The first kappa shape index (κ1) is 7.82. The number of carbonyl (C=O) groups excluding carboxylic acids is 1. The first-order valence-electron chi connectivity index (χ1n) is 3.37. The third-order valence-electron chi connectivity index (χ3n) is 1.50. The zero-order valence-electron chi connectivity index (χ0n) is 5.88. The van der Waals surface area contributed by atoms with Gasteiger partial charge in [-0.05, 0) is 5.41 Å². The van der Waals surface area contributed by atoms with Gasteiger partial charge in [-0.25, -0.2) is 4.31 Å². The predicted molar refractivity (Wildman–Crippen MR) is 43.6 cm³/mol. The number of hydrogen-bond acceptors (Lipinski definition) is 3. The van der Waals surface area contributed by atoms with E-state index in [2.05, 4.69) is 10.9 Å². The van der Waals surface area contributed by atoms with Crippen LogP contribution in [0.3, 0.4) is 0 Å². The second-order valence-electron chi connectivity index (χ2n) is 2.24. The molecular weight excluding hydrogens is 146 g/mol. The van der Waals surface area contributed by atoms with Gasteiger partial charge in [0.05, 0.1) is 0 Å². The van der Waals surface area contributed by atoms with Crippen LogP contribution in [0.25, 0.3) is 0 Å². The van der Waals surface area contributed by atoms with Crippen molar-refractivity contribution in [2.75, 3.05) is 13.1 Å². The Labute approximate surface area is 65.4 Å². The number of hydrogen-bond donors (Lipinski definition) is 0. The number of nitrogens with zero attached hydrogens (tertiary/aromatic N) is 1. The topological polar surface area (TPSA) is 20.3 Å². The lowest BCUT2D eigenvalue weighted by Gasteiger charge is -2.22. The van der Waals surface area contributed by atoms with Crippen LogP contribution in [-0.2, 0) is 4.79 Å². The average molecular weight is 157 g/mol. The molecule has 56 valence electrons. The van der Waals surface area contributed by atoms with E-state index in [4.69, 9.17) is 0 Å². The van der Waals surface area contributed by atoms with Gasteiger partial charge in [0.2, 0.25) is 0 Å². The van der Waals surface area contributed by atoms with Gasteiger partial charge in [0.15, 0.2) is 0 Å². The van der Waals surface area contributed by atoms with Gasteiger partial charge in [-0.1, -0.05) is 18.5 Å². The van der Waals surface area contributed by atoms with Crippen LogP contribution in [0.15, 0.2) is 12.0 Å².